The van der Waals surface area contributed by atoms with Gasteiger partial charge in [-0.15, -0.1) is 0 Å². The third kappa shape index (κ3) is 8.11. The van der Waals surface area contributed by atoms with E-state index in [2.05, 4.69) is 33.0 Å². The third-order valence-electron chi connectivity index (χ3n) is 10.6. The van der Waals surface area contributed by atoms with Crippen LogP contribution in [0, 0.1) is 46.8 Å². The molecule has 0 heterocycles. The molecular formula is C31H58N2O2. The number of fused-ring (bicyclic) bond motifs is 1. The van der Waals surface area contributed by atoms with Crippen molar-refractivity contribution in [2.24, 2.45) is 52.6 Å². The lowest BCUT2D eigenvalue weighted by Crippen LogP contribution is -2.37. The average molecular weight is 491 g/mol. The molecule has 6 unspecified atom stereocenters. The van der Waals surface area contributed by atoms with Gasteiger partial charge in [0, 0.05) is 6.54 Å². The Morgan fingerprint density at radius 1 is 1.03 bits per heavy atom. The van der Waals surface area contributed by atoms with E-state index < -0.39 is 0 Å². The topological polar surface area (TPSA) is 64.3 Å². The summed E-state index contributed by atoms with van der Waals surface area (Å²) in [5.74, 6) is 6.16. The molecule has 3 saturated carbocycles. The van der Waals surface area contributed by atoms with Gasteiger partial charge in [-0.25, -0.2) is 4.79 Å². The highest BCUT2D eigenvalue weighted by atomic mass is 16.5. The monoisotopic (exact) mass is 490 g/mol. The Morgan fingerprint density at radius 3 is 2.60 bits per heavy atom. The first-order valence-corrected chi connectivity index (χ1v) is 15.5. The molecule has 0 radical (unpaired) electrons. The molecule has 3 aliphatic carbocycles. The first kappa shape index (κ1) is 28.8. The van der Waals surface area contributed by atoms with Crippen molar-refractivity contribution in [2.45, 2.75) is 124 Å². The van der Waals surface area contributed by atoms with Crippen LogP contribution < -0.4 is 11.1 Å². The van der Waals surface area contributed by atoms with Crippen LogP contribution in [0.4, 0.5) is 4.79 Å². The lowest BCUT2D eigenvalue weighted by Gasteiger charge is -2.46. The van der Waals surface area contributed by atoms with Gasteiger partial charge in [-0.05, 0) is 111 Å². The van der Waals surface area contributed by atoms with Crippen LogP contribution in [-0.4, -0.2) is 25.8 Å². The molecule has 0 saturated heterocycles. The first-order valence-electron chi connectivity index (χ1n) is 15.5. The van der Waals surface area contributed by atoms with E-state index in [0.29, 0.717) is 24.5 Å². The zero-order chi connectivity index (χ0) is 25.3. The largest absolute Gasteiger partial charge is 0.450 e. The van der Waals surface area contributed by atoms with Gasteiger partial charge in [0.1, 0.15) is 0 Å². The summed E-state index contributed by atoms with van der Waals surface area (Å²) in [6, 6.07) is 0. The average Bonchev–Trinajstić information content (AvgIpc) is 3.27. The van der Waals surface area contributed by atoms with Gasteiger partial charge in [-0.2, -0.15) is 0 Å². The normalized spacial score (nSPS) is 32.0. The molecule has 0 aromatic heterocycles. The van der Waals surface area contributed by atoms with Crippen molar-refractivity contribution in [3.63, 3.8) is 0 Å². The highest BCUT2D eigenvalue weighted by Crippen LogP contribution is 2.55. The number of rotatable bonds is 13. The summed E-state index contributed by atoms with van der Waals surface area (Å²) < 4.78 is 5.52. The number of hydrogen-bond acceptors (Lipinski definition) is 3. The molecule has 1 amide bonds. The van der Waals surface area contributed by atoms with Gasteiger partial charge in [0.25, 0.3) is 0 Å². The molecule has 4 nitrogen and oxygen atoms in total. The first-order chi connectivity index (χ1) is 16.9. The van der Waals surface area contributed by atoms with E-state index in [1.807, 2.05) is 0 Å². The zero-order valence-corrected chi connectivity index (χ0v) is 23.7. The molecule has 0 spiro atoms. The molecule has 3 N–H and O–H groups in total. The minimum absolute atomic E-state index is 0.247. The van der Waals surface area contributed by atoms with Gasteiger partial charge in [0.2, 0.25) is 0 Å². The van der Waals surface area contributed by atoms with Crippen molar-refractivity contribution in [3.8, 4) is 0 Å². The fraction of sp³-hybridized carbons (Fsp3) is 0.968. The van der Waals surface area contributed by atoms with E-state index >= 15 is 0 Å². The fourth-order valence-electron chi connectivity index (χ4n) is 8.61. The summed E-state index contributed by atoms with van der Waals surface area (Å²) in [7, 11) is 0. The summed E-state index contributed by atoms with van der Waals surface area (Å²) in [4.78, 5) is 12.0. The molecule has 7 atom stereocenters. The molecule has 4 heteroatoms. The van der Waals surface area contributed by atoms with Crippen molar-refractivity contribution >= 4 is 6.09 Å². The van der Waals surface area contributed by atoms with Crippen molar-refractivity contribution in [1.29, 1.82) is 0 Å². The lowest BCUT2D eigenvalue weighted by atomic mass is 9.59. The number of carbonyl (C=O) groups excluding carboxylic acids is 1. The van der Waals surface area contributed by atoms with Crippen LogP contribution in [-0.2, 0) is 4.74 Å². The van der Waals surface area contributed by atoms with Gasteiger partial charge < -0.3 is 15.8 Å². The maximum Gasteiger partial charge on any atom is 0.407 e. The summed E-state index contributed by atoms with van der Waals surface area (Å²) in [6.07, 6.45) is 19.7. The summed E-state index contributed by atoms with van der Waals surface area (Å²) in [5, 5.41) is 2.89. The van der Waals surface area contributed by atoms with Crippen molar-refractivity contribution in [1.82, 2.24) is 5.32 Å². The number of nitrogens with two attached hydrogens (primary N) is 1. The second-order valence-electron chi connectivity index (χ2n) is 13.2. The number of unbranched alkanes of at least 4 members (excludes halogenated alkanes) is 2. The molecule has 0 aromatic carbocycles. The second-order valence-corrected chi connectivity index (χ2v) is 13.2. The third-order valence-corrected chi connectivity index (χ3v) is 10.6. The van der Waals surface area contributed by atoms with Crippen molar-refractivity contribution in [2.75, 3.05) is 19.7 Å². The molecule has 3 rings (SSSR count). The molecule has 3 aliphatic rings. The Morgan fingerprint density at radius 2 is 1.86 bits per heavy atom. The van der Waals surface area contributed by atoms with Crippen LogP contribution in [0.25, 0.3) is 0 Å². The molecule has 35 heavy (non-hydrogen) atoms. The van der Waals surface area contributed by atoms with E-state index in [1.165, 1.54) is 70.6 Å². The molecule has 0 aliphatic heterocycles. The minimum atomic E-state index is -0.247. The molecular weight excluding hydrogens is 432 g/mol. The fourth-order valence-corrected chi connectivity index (χ4v) is 8.61. The lowest BCUT2D eigenvalue weighted by molar-refractivity contribution is 0.0415. The zero-order valence-electron chi connectivity index (χ0n) is 23.7. The smallest absolute Gasteiger partial charge is 0.407 e. The second kappa shape index (κ2) is 14.2. The van der Waals surface area contributed by atoms with Crippen LogP contribution in [0.2, 0.25) is 0 Å². The van der Waals surface area contributed by atoms with Crippen LogP contribution in [0.1, 0.15) is 124 Å². The number of nitrogens with one attached hydrogen (secondary N) is 1. The Bertz CT molecular complexity index is 621. The van der Waals surface area contributed by atoms with E-state index in [4.69, 9.17) is 10.5 Å². The Hall–Kier alpha value is -0.770. The van der Waals surface area contributed by atoms with Crippen molar-refractivity contribution < 1.29 is 9.53 Å². The van der Waals surface area contributed by atoms with Gasteiger partial charge in [-0.3, -0.25) is 0 Å². The van der Waals surface area contributed by atoms with Crippen LogP contribution in [0.5, 0.6) is 0 Å². The van der Waals surface area contributed by atoms with E-state index in [9.17, 15) is 4.79 Å². The van der Waals surface area contributed by atoms with Gasteiger partial charge in [0.15, 0.2) is 0 Å². The minimum Gasteiger partial charge on any atom is -0.450 e. The Labute approximate surface area is 217 Å². The summed E-state index contributed by atoms with van der Waals surface area (Å²) >= 11 is 0. The van der Waals surface area contributed by atoms with Crippen LogP contribution in [0.3, 0.4) is 0 Å². The molecule has 3 fully saturated rings. The Balaban J connectivity index is 1.44. The van der Waals surface area contributed by atoms with Gasteiger partial charge in [0.05, 0.1) is 6.61 Å². The summed E-state index contributed by atoms with van der Waals surface area (Å²) in [6.45, 7) is 12.0. The molecule has 204 valence electrons. The van der Waals surface area contributed by atoms with E-state index in [-0.39, 0.29) is 6.09 Å². The number of amides is 1. The molecule has 0 aromatic rings. The highest BCUT2D eigenvalue weighted by Gasteiger charge is 2.45. The predicted octanol–water partition coefficient (Wildman–Crippen LogP) is 7.94. The van der Waals surface area contributed by atoms with E-state index in [1.54, 1.807) is 0 Å². The quantitative estimate of drug-likeness (QED) is 0.257. The van der Waals surface area contributed by atoms with Gasteiger partial charge in [-0.1, -0.05) is 66.2 Å². The predicted molar refractivity (Wildman–Crippen MR) is 147 cm³/mol. The maximum absolute atomic E-state index is 12.0. The standard InChI is InChI=1S/C31H58N2O2/c1-5-24(29-14-7-8-18-31(29,3)4)22-25-12-11-13-28-26(15-16-27(25)28)23(2)17-21-35-30(34)33-20-10-6-9-19-32/h23-29H,5-22,32H2,1-4H3,(H,33,34)/t23?,24-,25?,26?,27?,28?,29?/m0/s1. The van der Waals surface area contributed by atoms with E-state index in [0.717, 1.165) is 67.7 Å². The van der Waals surface area contributed by atoms with Crippen LogP contribution in [0.15, 0.2) is 0 Å². The van der Waals surface area contributed by atoms with Crippen molar-refractivity contribution in [3.05, 3.63) is 0 Å². The highest BCUT2D eigenvalue weighted by molar-refractivity contribution is 5.66. The Kier molecular flexibility index (Phi) is 11.7. The van der Waals surface area contributed by atoms with Crippen LogP contribution >= 0.6 is 0 Å². The number of alkyl carbamates (subject to hydrolysis) is 1. The summed E-state index contributed by atoms with van der Waals surface area (Å²) in [5.41, 5.74) is 6.06. The molecule has 0 bridgehead atoms. The SMILES string of the molecule is CC[C@@H](CC1CCCC2C(C(C)CCOC(=O)NCCCCCN)CCC12)C1CCCCC1(C)C. The van der Waals surface area contributed by atoms with Gasteiger partial charge >= 0.3 is 6.09 Å². The number of ether oxygens (including phenoxy) is 1. The maximum atomic E-state index is 12.0. The number of carbonyl (C=O) groups is 1. The number of hydrogen-bond donors (Lipinski definition) is 2.